The number of nitrogens with zero attached hydrogens (tertiary/aromatic N) is 3. The maximum Gasteiger partial charge on any atom is 0.224 e. The van der Waals surface area contributed by atoms with Gasteiger partial charge in [0.25, 0.3) is 0 Å². The molecule has 1 atom stereocenters. The average Bonchev–Trinajstić information content (AvgIpc) is 3.17. The van der Waals surface area contributed by atoms with Gasteiger partial charge < -0.3 is 25.2 Å². The van der Waals surface area contributed by atoms with E-state index in [-0.39, 0.29) is 29.9 Å². The molecule has 0 aliphatic carbocycles. The summed E-state index contributed by atoms with van der Waals surface area (Å²) < 4.78 is 5.49. The molecule has 2 N–H and O–H groups in total. The molecule has 1 amide bonds. The van der Waals surface area contributed by atoms with Gasteiger partial charge in [0.1, 0.15) is 5.75 Å². The number of nitrogens with one attached hydrogen (secondary N) is 2. The Morgan fingerprint density at radius 2 is 2.00 bits per heavy atom. The summed E-state index contributed by atoms with van der Waals surface area (Å²) in [5, 5.41) is 6.80. The van der Waals surface area contributed by atoms with Gasteiger partial charge in [-0.25, -0.2) is 0 Å². The Bertz CT molecular complexity index is 652. The lowest BCUT2D eigenvalue weighted by Crippen LogP contribution is -2.44. The van der Waals surface area contributed by atoms with Crippen LogP contribution in [-0.2, 0) is 4.79 Å². The number of hydrogen-bond acceptors (Lipinski definition) is 4. The van der Waals surface area contributed by atoms with Crippen molar-refractivity contribution in [2.45, 2.75) is 39.7 Å². The highest BCUT2D eigenvalue weighted by Gasteiger charge is 2.25. The minimum Gasteiger partial charge on any atom is -0.495 e. The minimum atomic E-state index is 0. The van der Waals surface area contributed by atoms with Crippen molar-refractivity contribution in [1.82, 2.24) is 15.5 Å². The summed E-state index contributed by atoms with van der Waals surface area (Å²) in [6.45, 7) is 10.7. The topological polar surface area (TPSA) is 69.2 Å². The number of carbonyl (C=O) groups is 1. The van der Waals surface area contributed by atoms with Crippen molar-refractivity contribution in [1.29, 1.82) is 0 Å². The predicted octanol–water partition coefficient (Wildman–Crippen LogP) is 2.71. The maximum absolute atomic E-state index is 12.1. The molecule has 8 heteroatoms. The molecular weight excluding hydrogens is 481 g/mol. The normalized spacial score (nSPS) is 16.2. The molecule has 0 spiro atoms. The van der Waals surface area contributed by atoms with Gasteiger partial charge in [-0.1, -0.05) is 12.1 Å². The number of ether oxygens (including phenoxy) is 1. The average molecular weight is 517 g/mol. The number of aliphatic imine (C=N–C) groups is 1. The predicted molar refractivity (Wildman–Crippen MR) is 131 cm³/mol. The molecule has 0 bridgehead atoms. The van der Waals surface area contributed by atoms with E-state index in [1.54, 1.807) is 7.11 Å². The number of amides is 1. The van der Waals surface area contributed by atoms with Crippen LogP contribution in [0.25, 0.3) is 0 Å². The highest BCUT2D eigenvalue weighted by atomic mass is 127. The van der Waals surface area contributed by atoms with Crippen LogP contribution >= 0.6 is 24.0 Å². The second-order valence-corrected chi connectivity index (χ2v) is 6.82. The van der Waals surface area contributed by atoms with E-state index in [0.29, 0.717) is 19.0 Å². The summed E-state index contributed by atoms with van der Waals surface area (Å²) in [6.07, 6.45) is 1.47. The third-order valence-corrected chi connectivity index (χ3v) is 5.01. The number of para-hydroxylation sites is 2. The van der Waals surface area contributed by atoms with E-state index in [1.165, 1.54) is 0 Å². The van der Waals surface area contributed by atoms with Gasteiger partial charge in [-0.3, -0.25) is 9.79 Å². The summed E-state index contributed by atoms with van der Waals surface area (Å²) in [4.78, 5) is 20.9. The van der Waals surface area contributed by atoms with Crippen molar-refractivity contribution in [2.24, 2.45) is 4.99 Å². The molecule has 164 valence electrons. The van der Waals surface area contributed by atoms with E-state index < -0.39 is 0 Å². The summed E-state index contributed by atoms with van der Waals surface area (Å²) in [7, 11) is 1.71. The zero-order chi connectivity index (χ0) is 20.4. The van der Waals surface area contributed by atoms with Gasteiger partial charge in [0.2, 0.25) is 5.91 Å². The first-order valence-corrected chi connectivity index (χ1v) is 10.3. The number of halogens is 1. The van der Waals surface area contributed by atoms with Crippen LogP contribution in [-0.4, -0.2) is 69.2 Å². The molecule has 1 aromatic rings. The lowest BCUT2D eigenvalue weighted by molar-refractivity contribution is -0.130. The zero-order valence-electron chi connectivity index (χ0n) is 18.1. The van der Waals surface area contributed by atoms with Gasteiger partial charge in [0.05, 0.1) is 19.3 Å². The largest absolute Gasteiger partial charge is 0.495 e. The van der Waals surface area contributed by atoms with Crippen LogP contribution in [0.1, 0.15) is 33.6 Å². The van der Waals surface area contributed by atoms with Gasteiger partial charge in [0.15, 0.2) is 5.96 Å². The fourth-order valence-electron chi connectivity index (χ4n) is 3.50. The fourth-order valence-corrected chi connectivity index (χ4v) is 3.50. The molecule has 29 heavy (non-hydrogen) atoms. The number of rotatable bonds is 9. The van der Waals surface area contributed by atoms with Crippen LogP contribution < -0.4 is 20.3 Å². The SMILES string of the molecule is CCNC(=NCCC(=O)N(CC)CC)NC1CCN(c2ccccc2OC)C1.I. The van der Waals surface area contributed by atoms with Crippen LogP contribution in [0.2, 0.25) is 0 Å². The second-order valence-electron chi connectivity index (χ2n) is 6.82. The first-order chi connectivity index (χ1) is 13.6. The molecule has 7 nitrogen and oxygen atoms in total. The Kier molecular flexibility index (Phi) is 11.8. The van der Waals surface area contributed by atoms with Crippen molar-refractivity contribution in [3.63, 3.8) is 0 Å². The first kappa shape index (κ1) is 25.3. The van der Waals surface area contributed by atoms with Crippen molar-refractivity contribution in [2.75, 3.05) is 51.3 Å². The molecule has 1 aliphatic rings. The van der Waals surface area contributed by atoms with Crippen molar-refractivity contribution >= 4 is 41.5 Å². The number of hydrogen-bond donors (Lipinski definition) is 2. The molecular formula is C21H36IN5O2. The Morgan fingerprint density at radius 3 is 2.66 bits per heavy atom. The van der Waals surface area contributed by atoms with Crippen LogP contribution in [0.5, 0.6) is 5.75 Å². The summed E-state index contributed by atoms with van der Waals surface area (Å²) in [6, 6.07) is 8.43. The summed E-state index contributed by atoms with van der Waals surface area (Å²) in [5.41, 5.74) is 1.13. The third-order valence-electron chi connectivity index (χ3n) is 5.01. The monoisotopic (exact) mass is 517 g/mol. The van der Waals surface area contributed by atoms with E-state index in [4.69, 9.17) is 4.74 Å². The standard InChI is InChI=1S/C21H35N5O2.HI/c1-5-22-21(23-14-12-20(27)25(6-2)7-3)24-17-13-15-26(16-17)18-10-8-9-11-19(18)28-4;/h8-11,17H,5-7,12-16H2,1-4H3,(H2,22,23,24);1H. The van der Waals surface area contributed by atoms with Crippen LogP contribution in [0.3, 0.4) is 0 Å². The number of guanidine groups is 1. The van der Waals surface area contributed by atoms with Crippen LogP contribution in [0.4, 0.5) is 5.69 Å². The Balaban J connectivity index is 0.00000420. The molecule has 0 saturated carbocycles. The Hall–Kier alpha value is -1.71. The fraction of sp³-hybridized carbons (Fsp3) is 0.619. The number of benzene rings is 1. The van der Waals surface area contributed by atoms with Gasteiger partial charge >= 0.3 is 0 Å². The molecule has 2 rings (SSSR count). The van der Waals surface area contributed by atoms with Crippen molar-refractivity contribution < 1.29 is 9.53 Å². The number of anilines is 1. The van der Waals surface area contributed by atoms with Gasteiger partial charge in [0, 0.05) is 45.2 Å². The first-order valence-electron chi connectivity index (χ1n) is 10.3. The molecule has 1 unspecified atom stereocenters. The van der Waals surface area contributed by atoms with E-state index >= 15 is 0 Å². The minimum absolute atomic E-state index is 0. The number of carbonyl (C=O) groups excluding carboxylic acids is 1. The highest BCUT2D eigenvalue weighted by molar-refractivity contribution is 14.0. The Morgan fingerprint density at radius 1 is 1.28 bits per heavy atom. The number of methoxy groups -OCH3 is 1. The maximum atomic E-state index is 12.1. The molecule has 1 saturated heterocycles. The van der Waals surface area contributed by atoms with E-state index in [9.17, 15) is 4.79 Å². The highest BCUT2D eigenvalue weighted by Crippen LogP contribution is 2.30. The lowest BCUT2D eigenvalue weighted by Gasteiger charge is -2.22. The third kappa shape index (κ3) is 7.56. The lowest BCUT2D eigenvalue weighted by atomic mass is 10.2. The van der Waals surface area contributed by atoms with E-state index in [2.05, 4.69) is 26.6 Å². The quantitative estimate of drug-likeness (QED) is 0.300. The van der Waals surface area contributed by atoms with E-state index in [1.807, 2.05) is 43.9 Å². The summed E-state index contributed by atoms with van der Waals surface area (Å²) >= 11 is 0. The molecule has 0 radical (unpaired) electrons. The second kappa shape index (κ2) is 13.5. The van der Waals surface area contributed by atoms with E-state index in [0.717, 1.165) is 56.5 Å². The summed E-state index contributed by atoms with van der Waals surface area (Å²) in [5.74, 6) is 1.84. The van der Waals surface area contributed by atoms with Gasteiger partial charge in [-0.2, -0.15) is 0 Å². The zero-order valence-corrected chi connectivity index (χ0v) is 20.4. The Labute approximate surface area is 192 Å². The van der Waals surface area contributed by atoms with Gasteiger partial charge in [-0.15, -0.1) is 24.0 Å². The van der Waals surface area contributed by atoms with Crippen LogP contribution in [0.15, 0.2) is 29.3 Å². The van der Waals surface area contributed by atoms with Crippen molar-refractivity contribution in [3.05, 3.63) is 24.3 Å². The molecule has 1 heterocycles. The molecule has 1 fully saturated rings. The van der Waals surface area contributed by atoms with Crippen molar-refractivity contribution in [3.8, 4) is 5.75 Å². The van der Waals surface area contributed by atoms with Crippen LogP contribution in [0, 0.1) is 0 Å². The smallest absolute Gasteiger partial charge is 0.224 e. The molecule has 0 aromatic heterocycles. The molecule has 1 aliphatic heterocycles. The molecule has 1 aromatic carbocycles. The van der Waals surface area contributed by atoms with Gasteiger partial charge in [-0.05, 0) is 39.3 Å².